The molecule has 8 heteroatoms. The zero-order valence-electron chi connectivity index (χ0n) is 13.0. The van der Waals surface area contributed by atoms with Gasteiger partial charge in [0.25, 0.3) is 0 Å². The minimum absolute atomic E-state index is 0.0246. The van der Waals surface area contributed by atoms with Crippen LogP contribution in [-0.2, 0) is 0 Å². The summed E-state index contributed by atoms with van der Waals surface area (Å²) < 4.78 is 39.9. The van der Waals surface area contributed by atoms with Crippen LogP contribution >= 0.6 is 0 Å². The number of pyridine rings is 3. The lowest BCUT2D eigenvalue weighted by molar-refractivity contribution is -0.151. The maximum Gasteiger partial charge on any atom is 0.411 e. The first-order valence-electron chi connectivity index (χ1n) is 7.70. The van der Waals surface area contributed by atoms with Crippen molar-refractivity contribution in [3.05, 3.63) is 43.0 Å². The number of nitrogen functional groups attached to an aromatic ring is 1. The summed E-state index contributed by atoms with van der Waals surface area (Å²) in [5.41, 5.74) is 5.58. The van der Waals surface area contributed by atoms with E-state index in [-0.39, 0.29) is 24.5 Å². The van der Waals surface area contributed by atoms with E-state index in [9.17, 15) is 13.2 Å². The lowest BCUT2D eigenvalue weighted by Gasteiger charge is -2.23. The van der Waals surface area contributed by atoms with Crippen LogP contribution in [0, 0.1) is 0 Å². The number of nitrogens with one attached hydrogen (secondary N) is 1. The van der Waals surface area contributed by atoms with E-state index >= 15 is 0 Å². The lowest BCUT2D eigenvalue weighted by Crippen LogP contribution is -2.39. The third-order valence-corrected chi connectivity index (χ3v) is 4.45. The maximum atomic E-state index is 13.3. The van der Waals surface area contributed by atoms with Gasteiger partial charge in [0.05, 0.1) is 0 Å². The van der Waals surface area contributed by atoms with Crippen LogP contribution in [0.25, 0.3) is 21.9 Å². The molecule has 3 N–H and O–H groups in total. The van der Waals surface area contributed by atoms with Crippen LogP contribution in [0.5, 0.6) is 0 Å². The van der Waals surface area contributed by atoms with Gasteiger partial charge in [0, 0.05) is 41.1 Å². The molecule has 0 saturated heterocycles. The molecule has 5 nitrogen and oxygen atoms in total. The molecule has 1 aliphatic carbocycles. The van der Waals surface area contributed by atoms with Gasteiger partial charge in [-0.25, -0.2) is 4.98 Å². The van der Waals surface area contributed by atoms with E-state index < -0.39 is 11.7 Å². The van der Waals surface area contributed by atoms with Gasteiger partial charge in [0.2, 0.25) is 0 Å². The van der Waals surface area contributed by atoms with Crippen LogP contribution in [0.4, 0.5) is 24.8 Å². The molecule has 1 fully saturated rings. The van der Waals surface area contributed by atoms with Crippen LogP contribution in [0.1, 0.15) is 12.8 Å². The van der Waals surface area contributed by atoms with Gasteiger partial charge in [-0.15, -0.1) is 0 Å². The van der Waals surface area contributed by atoms with Crippen molar-refractivity contribution >= 4 is 22.4 Å². The van der Waals surface area contributed by atoms with E-state index in [0.717, 1.165) is 5.56 Å². The van der Waals surface area contributed by atoms with E-state index in [1.807, 2.05) is 0 Å². The highest BCUT2D eigenvalue weighted by Crippen LogP contribution is 2.52. The lowest BCUT2D eigenvalue weighted by atomic mass is 10.0. The number of nitrogens with two attached hydrogens (primary N) is 1. The summed E-state index contributed by atoms with van der Waals surface area (Å²) in [4.78, 5) is 12.3. The number of fused-ring (bicyclic) bond motifs is 1. The van der Waals surface area contributed by atoms with Gasteiger partial charge in [0.15, 0.2) is 0 Å². The Morgan fingerprint density at radius 2 is 1.68 bits per heavy atom. The number of aromatic nitrogens is 3. The van der Waals surface area contributed by atoms with Crippen LogP contribution in [0.2, 0.25) is 0 Å². The van der Waals surface area contributed by atoms with Gasteiger partial charge in [-0.3, -0.25) is 9.97 Å². The van der Waals surface area contributed by atoms with Gasteiger partial charge in [-0.05, 0) is 36.6 Å². The smallest absolute Gasteiger partial charge is 0.383 e. The predicted molar refractivity (Wildman–Crippen MR) is 88.8 cm³/mol. The number of rotatable bonds is 3. The number of halogens is 3. The van der Waals surface area contributed by atoms with Crippen molar-refractivity contribution in [3.8, 4) is 11.1 Å². The standard InChI is InChI=1S/C17H14F3N5/c18-17(19,20)16(4-5-16)25-15-11-3-8-23-9-12(11)13(14(21)24-15)10-1-6-22-7-2-10/h1-3,6-9H,4-5H2,(H3,21,24,25). The Morgan fingerprint density at radius 3 is 2.32 bits per heavy atom. The molecule has 3 heterocycles. The van der Waals surface area contributed by atoms with E-state index in [4.69, 9.17) is 5.73 Å². The summed E-state index contributed by atoms with van der Waals surface area (Å²) in [5.74, 6) is 0.273. The van der Waals surface area contributed by atoms with Crippen molar-refractivity contribution in [2.24, 2.45) is 0 Å². The molecule has 3 aromatic rings. The third kappa shape index (κ3) is 2.54. The van der Waals surface area contributed by atoms with Crippen molar-refractivity contribution in [2.75, 3.05) is 11.1 Å². The van der Waals surface area contributed by atoms with E-state index in [1.54, 1.807) is 36.8 Å². The molecule has 0 aromatic carbocycles. The number of hydrogen-bond donors (Lipinski definition) is 2. The molecular formula is C17H14F3N5. The van der Waals surface area contributed by atoms with Crippen LogP contribution in [-0.4, -0.2) is 26.7 Å². The SMILES string of the molecule is Nc1nc(NC2(C(F)(F)F)CC2)c2ccncc2c1-c1ccncc1. The average Bonchev–Trinajstić information content (AvgIpc) is 3.36. The topological polar surface area (TPSA) is 76.7 Å². The number of alkyl halides is 3. The van der Waals surface area contributed by atoms with Crippen LogP contribution < -0.4 is 11.1 Å². The first-order valence-corrected chi connectivity index (χ1v) is 7.70. The average molecular weight is 345 g/mol. The summed E-state index contributed by atoms with van der Waals surface area (Å²) in [6.45, 7) is 0. The van der Waals surface area contributed by atoms with Crippen molar-refractivity contribution in [1.29, 1.82) is 0 Å². The quantitative estimate of drug-likeness (QED) is 0.755. The van der Waals surface area contributed by atoms with Gasteiger partial charge in [-0.1, -0.05) is 0 Å². The zero-order chi connectivity index (χ0) is 17.7. The Morgan fingerprint density at radius 1 is 1.00 bits per heavy atom. The van der Waals surface area contributed by atoms with Gasteiger partial charge in [-0.2, -0.15) is 13.2 Å². The molecule has 128 valence electrons. The van der Waals surface area contributed by atoms with E-state index in [0.29, 0.717) is 16.3 Å². The number of nitrogens with zero attached hydrogens (tertiary/aromatic N) is 3. The second-order valence-corrected chi connectivity index (χ2v) is 6.08. The van der Waals surface area contributed by atoms with E-state index in [1.165, 1.54) is 6.20 Å². The highest BCUT2D eigenvalue weighted by Gasteiger charge is 2.63. The predicted octanol–water partition coefficient (Wildman–Crippen LogP) is 3.78. The molecule has 1 saturated carbocycles. The van der Waals surface area contributed by atoms with Crippen LogP contribution in [0.15, 0.2) is 43.0 Å². The first-order chi connectivity index (χ1) is 11.9. The highest BCUT2D eigenvalue weighted by atomic mass is 19.4. The number of anilines is 2. The molecule has 0 radical (unpaired) electrons. The second-order valence-electron chi connectivity index (χ2n) is 6.08. The van der Waals surface area contributed by atoms with Crippen molar-refractivity contribution in [1.82, 2.24) is 15.0 Å². The Hall–Kier alpha value is -2.90. The Balaban J connectivity index is 1.89. The fourth-order valence-corrected chi connectivity index (χ4v) is 2.92. The van der Waals surface area contributed by atoms with Crippen LogP contribution in [0.3, 0.4) is 0 Å². The summed E-state index contributed by atoms with van der Waals surface area (Å²) in [6.07, 6.45) is 2.05. The molecule has 0 bridgehead atoms. The molecule has 0 amide bonds. The summed E-state index contributed by atoms with van der Waals surface area (Å²) in [5, 5.41) is 3.76. The normalized spacial score (nSPS) is 16.0. The molecule has 0 atom stereocenters. The summed E-state index contributed by atoms with van der Waals surface area (Å²) in [7, 11) is 0. The largest absolute Gasteiger partial charge is 0.411 e. The van der Waals surface area contributed by atoms with Crippen molar-refractivity contribution < 1.29 is 13.2 Å². The molecule has 0 aliphatic heterocycles. The third-order valence-electron chi connectivity index (χ3n) is 4.45. The van der Waals surface area contributed by atoms with E-state index in [2.05, 4.69) is 20.3 Å². The monoisotopic (exact) mass is 345 g/mol. The molecule has 3 aromatic heterocycles. The zero-order valence-corrected chi connectivity index (χ0v) is 13.0. The second kappa shape index (κ2) is 5.30. The minimum atomic E-state index is -4.34. The molecular weight excluding hydrogens is 331 g/mol. The Kier molecular flexibility index (Phi) is 3.31. The molecule has 4 rings (SSSR count). The van der Waals surface area contributed by atoms with Crippen molar-refractivity contribution in [2.45, 2.75) is 24.6 Å². The summed E-state index contributed by atoms with van der Waals surface area (Å²) in [6, 6.07) is 5.18. The highest BCUT2D eigenvalue weighted by molar-refractivity contribution is 6.05. The Bertz CT molecular complexity index is 936. The fraction of sp³-hybridized carbons (Fsp3) is 0.235. The van der Waals surface area contributed by atoms with Gasteiger partial charge < -0.3 is 11.1 Å². The summed E-state index contributed by atoms with van der Waals surface area (Å²) >= 11 is 0. The van der Waals surface area contributed by atoms with Crippen molar-refractivity contribution in [3.63, 3.8) is 0 Å². The molecule has 0 unspecified atom stereocenters. The van der Waals surface area contributed by atoms with Gasteiger partial charge >= 0.3 is 6.18 Å². The fourth-order valence-electron chi connectivity index (χ4n) is 2.92. The Labute approximate surface area is 141 Å². The molecule has 1 aliphatic rings. The minimum Gasteiger partial charge on any atom is -0.383 e. The number of hydrogen-bond acceptors (Lipinski definition) is 5. The van der Waals surface area contributed by atoms with Gasteiger partial charge in [0.1, 0.15) is 17.2 Å². The molecule has 0 spiro atoms. The first kappa shape index (κ1) is 15.6. The maximum absolute atomic E-state index is 13.3. The molecule has 25 heavy (non-hydrogen) atoms.